The number of esters is 2. The van der Waals surface area contributed by atoms with Crippen LogP contribution in [0, 0.1) is 0 Å². The first-order valence-electron chi connectivity index (χ1n) is 39.9. The molecule has 0 saturated carbocycles. The van der Waals surface area contributed by atoms with Crippen LogP contribution in [0.5, 0.6) is 0 Å². The van der Waals surface area contributed by atoms with Crippen molar-refractivity contribution in [2.75, 3.05) is 47.5 Å². The lowest BCUT2D eigenvalue weighted by Crippen LogP contribution is -2.37. The van der Waals surface area contributed by atoms with Crippen molar-refractivity contribution in [2.24, 2.45) is 0 Å². The van der Waals surface area contributed by atoms with Gasteiger partial charge in [-0.05, 0) is 116 Å². The number of unbranched alkanes of at least 4 members (excludes halogenated alkanes) is 37. The second-order valence-electron chi connectivity index (χ2n) is 27.7. The van der Waals surface area contributed by atoms with Gasteiger partial charge in [-0.1, -0.05) is 353 Å². The molecular formula is C86H150NO8P. The molecule has 0 heterocycles. The summed E-state index contributed by atoms with van der Waals surface area (Å²) in [6.07, 6.45) is 110. The number of rotatable bonds is 73. The molecule has 0 aromatic rings. The lowest BCUT2D eigenvalue weighted by molar-refractivity contribution is -0.870. The summed E-state index contributed by atoms with van der Waals surface area (Å²) in [5.41, 5.74) is 0. The summed E-state index contributed by atoms with van der Waals surface area (Å²) in [6, 6.07) is 0. The minimum Gasteiger partial charge on any atom is -0.756 e. The van der Waals surface area contributed by atoms with Crippen molar-refractivity contribution in [3.63, 3.8) is 0 Å². The molecule has 0 rings (SSSR count). The first-order chi connectivity index (χ1) is 47.0. The van der Waals surface area contributed by atoms with E-state index >= 15 is 0 Å². The summed E-state index contributed by atoms with van der Waals surface area (Å²) in [4.78, 5) is 38.2. The van der Waals surface area contributed by atoms with Crippen molar-refractivity contribution in [3.8, 4) is 0 Å². The number of allylic oxidation sites excluding steroid dienone is 22. The van der Waals surface area contributed by atoms with Gasteiger partial charge in [0.1, 0.15) is 19.8 Å². The van der Waals surface area contributed by atoms with Crippen LogP contribution in [0.2, 0.25) is 0 Å². The number of quaternary nitrogens is 1. The van der Waals surface area contributed by atoms with E-state index in [1.54, 1.807) is 0 Å². The number of nitrogens with zero attached hydrogens (tertiary/aromatic N) is 1. The van der Waals surface area contributed by atoms with Gasteiger partial charge < -0.3 is 27.9 Å². The molecule has 552 valence electrons. The first-order valence-corrected chi connectivity index (χ1v) is 41.4. The SMILES string of the molecule is CC/C=C\C/C=C\C/C=C\C/C=C\C/C=C\C/C=C\C/C=C\C/C=C\C/C=C\C/C=C\CCCCCCCCC(=O)OC(COC(=O)CCCCCCCCCCCCCCCCCCCCCCCCC/C=C\CCCCCCCCCC)COP(=O)([O-])OCC[N+](C)(C)C. The maximum Gasteiger partial charge on any atom is 0.306 e. The quantitative estimate of drug-likeness (QED) is 0.0195. The van der Waals surface area contributed by atoms with E-state index in [1.807, 2.05) is 21.1 Å². The van der Waals surface area contributed by atoms with Crippen LogP contribution < -0.4 is 4.89 Å². The van der Waals surface area contributed by atoms with E-state index < -0.39 is 26.5 Å². The third-order valence-corrected chi connectivity index (χ3v) is 18.1. The van der Waals surface area contributed by atoms with E-state index in [-0.39, 0.29) is 32.0 Å². The summed E-state index contributed by atoms with van der Waals surface area (Å²) in [5.74, 6) is -0.845. The van der Waals surface area contributed by atoms with Gasteiger partial charge in [0.15, 0.2) is 6.10 Å². The second kappa shape index (κ2) is 75.4. The number of carbonyl (C=O) groups is 2. The maximum absolute atomic E-state index is 12.9. The Labute approximate surface area is 593 Å². The number of hydrogen-bond acceptors (Lipinski definition) is 8. The monoisotopic (exact) mass is 1360 g/mol. The minimum atomic E-state index is -4.66. The van der Waals surface area contributed by atoms with E-state index in [1.165, 1.54) is 193 Å². The average Bonchev–Trinajstić information content (AvgIpc) is 2.72. The third-order valence-electron chi connectivity index (χ3n) is 17.2. The predicted octanol–water partition coefficient (Wildman–Crippen LogP) is 26.1. The van der Waals surface area contributed by atoms with Crippen LogP contribution in [0.3, 0.4) is 0 Å². The molecule has 0 fully saturated rings. The topological polar surface area (TPSA) is 111 Å². The predicted molar refractivity (Wildman–Crippen MR) is 415 cm³/mol. The molecule has 0 amide bonds. The highest BCUT2D eigenvalue weighted by Crippen LogP contribution is 2.38. The molecule has 96 heavy (non-hydrogen) atoms. The molecular weight excluding hydrogens is 1210 g/mol. The Morgan fingerprint density at radius 1 is 0.333 bits per heavy atom. The van der Waals surface area contributed by atoms with Crippen LogP contribution >= 0.6 is 7.82 Å². The molecule has 9 nitrogen and oxygen atoms in total. The van der Waals surface area contributed by atoms with Crippen LogP contribution in [0.4, 0.5) is 0 Å². The van der Waals surface area contributed by atoms with Crippen LogP contribution in [0.25, 0.3) is 0 Å². The van der Waals surface area contributed by atoms with Crippen molar-refractivity contribution in [3.05, 3.63) is 134 Å². The zero-order valence-electron chi connectivity index (χ0n) is 63.0. The number of likely N-dealkylation sites (N-methyl/N-ethyl adjacent to an activating group) is 1. The Balaban J connectivity index is 4.04. The summed E-state index contributed by atoms with van der Waals surface area (Å²) < 4.78 is 34.4. The smallest absolute Gasteiger partial charge is 0.306 e. The highest BCUT2D eigenvalue weighted by atomic mass is 31.2. The largest absolute Gasteiger partial charge is 0.756 e. The molecule has 2 atom stereocenters. The molecule has 0 aliphatic rings. The molecule has 0 spiro atoms. The normalized spacial score (nSPS) is 13.8. The van der Waals surface area contributed by atoms with Crippen molar-refractivity contribution >= 4 is 19.8 Å². The van der Waals surface area contributed by atoms with Crippen molar-refractivity contribution in [1.29, 1.82) is 0 Å². The van der Waals surface area contributed by atoms with Gasteiger partial charge >= 0.3 is 11.9 Å². The van der Waals surface area contributed by atoms with Crippen molar-refractivity contribution in [2.45, 2.75) is 354 Å². The highest BCUT2D eigenvalue weighted by Gasteiger charge is 2.22. The number of hydrogen-bond donors (Lipinski definition) is 0. The van der Waals surface area contributed by atoms with E-state index in [4.69, 9.17) is 18.5 Å². The van der Waals surface area contributed by atoms with Crippen LogP contribution in [-0.4, -0.2) is 70.0 Å². The average molecular weight is 1360 g/mol. The van der Waals surface area contributed by atoms with Gasteiger partial charge in [0.2, 0.25) is 0 Å². The maximum atomic E-state index is 12.9. The van der Waals surface area contributed by atoms with E-state index in [9.17, 15) is 19.0 Å². The second-order valence-corrected chi connectivity index (χ2v) is 29.1. The molecule has 0 aliphatic carbocycles. The molecule has 0 aromatic heterocycles. The van der Waals surface area contributed by atoms with Crippen LogP contribution in [-0.2, 0) is 32.7 Å². The molecule has 0 radical (unpaired) electrons. The Kier molecular flexibility index (Phi) is 72.3. The van der Waals surface area contributed by atoms with Crippen molar-refractivity contribution in [1.82, 2.24) is 0 Å². The van der Waals surface area contributed by atoms with Gasteiger partial charge in [0.05, 0.1) is 27.7 Å². The zero-order valence-corrected chi connectivity index (χ0v) is 63.9. The van der Waals surface area contributed by atoms with E-state index in [2.05, 4.69) is 148 Å². The summed E-state index contributed by atoms with van der Waals surface area (Å²) in [6.45, 7) is 4.14. The number of phosphoric acid groups is 1. The van der Waals surface area contributed by atoms with Crippen LogP contribution in [0.15, 0.2) is 134 Å². The molecule has 0 aliphatic heterocycles. The molecule has 2 unspecified atom stereocenters. The van der Waals surface area contributed by atoms with Gasteiger partial charge in [-0.3, -0.25) is 14.2 Å². The van der Waals surface area contributed by atoms with Gasteiger partial charge in [-0.25, -0.2) is 0 Å². The lowest BCUT2D eigenvalue weighted by Gasteiger charge is -2.28. The zero-order chi connectivity index (χ0) is 69.7. The van der Waals surface area contributed by atoms with Gasteiger partial charge in [-0.2, -0.15) is 0 Å². The van der Waals surface area contributed by atoms with E-state index in [0.29, 0.717) is 17.4 Å². The molecule has 0 bridgehead atoms. The molecule has 0 N–H and O–H groups in total. The molecule has 10 heteroatoms. The lowest BCUT2D eigenvalue weighted by atomic mass is 10.0. The minimum absolute atomic E-state index is 0.0389. The van der Waals surface area contributed by atoms with Gasteiger partial charge in [0, 0.05) is 12.8 Å². The van der Waals surface area contributed by atoms with Crippen LogP contribution in [0.1, 0.15) is 348 Å². The number of carbonyl (C=O) groups excluding carboxylic acids is 2. The summed E-state index contributed by atoms with van der Waals surface area (Å²) in [7, 11) is 1.15. The third kappa shape index (κ3) is 79.1. The fraction of sp³-hybridized carbons (Fsp3) is 0.721. The molecule has 0 aromatic carbocycles. The number of phosphoric ester groups is 1. The molecule has 0 saturated heterocycles. The van der Waals surface area contributed by atoms with Gasteiger partial charge in [0.25, 0.3) is 7.82 Å². The Morgan fingerprint density at radius 2 is 0.594 bits per heavy atom. The fourth-order valence-corrected chi connectivity index (χ4v) is 11.8. The summed E-state index contributed by atoms with van der Waals surface area (Å²) in [5, 5.41) is 0. The number of ether oxygens (including phenoxy) is 2. The first kappa shape index (κ1) is 92.2. The standard InChI is InChI=1S/C86H150NO8P/c1-6-8-10-12-14-16-18-20-22-24-26-28-30-32-34-36-38-40-42-43-45-47-49-51-53-55-57-59-61-63-65-67-69-71-73-75-77-79-86(89)95-84(83-94-96(90,91)93-81-80-87(3,4)5)82-92-85(88)78-76-74-72-70-68-66-64-62-60-58-56-54-52-50-48-46-44-41-39-37-35-33-31-29-27-25-23-21-19-17-15-13-11-9-7-2/h8,10,14,16,20,22,25-28,32,34,38,40,43,45,49,51,55,57,61,63,84H,6-7,9,11-13,15,17-19,21,23-24,29-31,33,35-37,39,41-42,44,46-48,50,52-54,56,58-60,62,64-83H2,1-5H3/b10-8-,16-14-,22-20-,27-25-,28-26-,34-32-,40-38-,45-43-,51-49-,57-55-,63-61-. The van der Waals surface area contributed by atoms with E-state index in [0.717, 1.165) is 122 Å². The highest BCUT2D eigenvalue weighted by molar-refractivity contribution is 7.45. The Bertz CT molecular complexity index is 2090. The van der Waals surface area contributed by atoms with Crippen molar-refractivity contribution < 1.29 is 42.1 Å². The van der Waals surface area contributed by atoms with Gasteiger partial charge in [-0.15, -0.1) is 0 Å². The summed E-state index contributed by atoms with van der Waals surface area (Å²) >= 11 is 0. The Hall–Kier alpha value is -3.85. The fourth-order valence-electron chi connectivity index (χ4n) is 11.1. The Morgan fingerprint density at radius 3 is 0.896 bits per heavy atom.